The molecule has 1 atom stereocenters. The molecular weight excluding hydrogens is 184 g/mol. The predicted molar refractivity (Wildman–Crippen MR) is 63.2 cm³/mol. The Labute approximate surface area is 92.1 Å². The van der Waals surface area contributed by atoms with E-state index in [1.165, 1.54) is 16.7 Å². The van der Waals surface area contributed by atoms with Gasteiger partial charge in [-0.05, 0) is 41.4 Å². The van der Waals surface area contributed by atoms with E-state index in [4.69, 9.17) is 0 Å². The summed E-state index contributed by atoms with van der Waals surface area (Å²) in [7, 11) is 0. The first kappa shape index (κ1) is 10.7. The highest BCUT2D eigenvalue weighted by atomic mass is 16.3. The van der Waals surface area contributed by atoms with Crippen LogP contribution in [0.25, 0.3) is 0 Å². The van der Waals surface area contributed by atoms with Crippen molar-refractivity contribution >= 4 is 0 Å². The molecule has 0 saturated carbocycles. The Morgan fingerprint density at radius 3 is 2.67 bits per heavy atom. The minimum Gasteiger partial charge on any atom is -0.393 e. The van der Waals surface area contributed by atoms with Crippen LogP contribution in [-0.2, 0) is 18.3 Å². The SMILES string of the molecule is CC(C)(C)c1cccc2c1CC(O)CC2. The van der Waals surface area contributed by atoms with Crippen molar-refractivity contribution in [1.29, 1.82) is 0 Å². The number of aryl methyl sites for hydroxylation is 1. The van der Waals surface area contributed by atoms with E-state index in [1.54, 1.807) is 0 Å². The maximum Gasteiger partial charge on any atom is 0.0583 e. The van der Waals surface area contributed by atoms with Crippen LogP contribution in [0.3, 0.4) is 0 Å². The highest BCUT2D eigenvalue weighted by Gasteiger charge is 2.24. The van der Waals surface area contributed by atoms with Gasteiger partial charge < -0.3 is 5.11 Å². The maximum atomic E-state index is 9.75. The quantitative estimate of drug-likeness (QED) is 0.689. The molecule has 2 rings (SSSR count). The van der Waals surface area contributed by atoms with E-state index in [9.17, 15) is 5.11 Å². The average molecular weight is 204 g/mol. The zero-order valence-corrected chi connectivity index (χ0v) is 9.88. The van der Waals surface area contributed by atoms with E-state index in [-0.39, 0.29) is 11.5 Å². The van der Waals surface area contributed by atoms with Gasteiger partial charge in [-0.3, -0.25) is 0 Å². The van der Waals surface area contributed by atoms with Crippen molar-refractivity contribution in [2.75, 3.05) is 0 Å². The molecule has 1 aliphatic carbocycles. The molecule has 0 spiro atoms. The molecule has 0 aliphatic heterocycles. The van der Waals surface area contributed by atoms with Gasteiger partial charge in [0.1, 0.15) is 0 Å². The average Bonchev–Trinajstić information content (AvgIpc) is 2.15. The molecule has 0 fully saturated rings. The summed E-state index contributed by atoms with van der Waals surface area (Å²) in [6, 6.07) is 6.56. The zero-order valence-electron chi connectivity index (χ0n) is 9.88. The van der Waals surface area contributed by atoms with Gasteiger partial charge in [-0.15, -0.1) is 0 Å². The topological polar surface area (TPSA) is 20.2 Å². The van der Waals surface area contributed by atoms with Crippen molar-refractivity contribution in [3.8, 4) is 0 Å². The highest BCUT2D eigenvalue weighted by molar-refractivity contribution is 5.41. The van der Waals surface area contributed by atoms with E-state index in [0.29, 0.717) is 0 Å². The Morgan fingerprint density at radius 2 is 2.00 bits per heavy atom. The highest BCUT2D eigenvalue weighted by Crippen LogP contribution is 2.32. The Bertz CT molecular complexity index is 360. The molecule has 1 aromatic carbocycles. The molecule has 0 aromatic heterocycles. The summed E-state index contributed by atoms with van der Waals surface area (Å²) in [5.74, 6) is 0. The molecule has 1 heteroatoms. The first-order valence-corrected chi connectivity index (χ1v) is 5.78. The summed E-state index contributed by atoms with van der Waals surface area (Å²) < 4.78 is 0. The van der Waals surface area contributed by atoms with Gasteiger partial charge in [-0.2, -0.15) is 0 Å². The van der Waals surface area contributed by atoms with Crippen molar-refractivity contribution in [2.24, 2.45) is 0 Å². The van der Waals surface area contributed by atoms with Gasteiger partial charge in [0.2, 0.25) is 0 Å². The molecule has 1 nitrogen and oxygen atoms in total. The maximum absolute atomic E-state index is 9.75. The van der Waals surface area contributed by atoms with E-state index in [2.05, 4.69) is 39.0 Å². The Balaban J connectivity index is 2.49. The van der Waals surface area contributed by atoms with Crippen LogP contribution in [-0.4, -0.2) is 11.2 Å². The smallest absolute Gasteiger partial charge is 0.0583 e. The van der Waals surface area contributed by atoms with Crippen LogP contribution >= 0.6 is 0 Å². The summed E-state index contributed by atoms with van der Waals surface area (Å²) in [6.45, 7) is 6.72. The van der Waals surface area contributed by atoms with E-state index in [1.807, 2.05) is 0 Å². The van der Waals surface area contributed by atoms with Gasteiger partial charge in [0.05, 0.1) is 6.10 Å². The zero-order chi connectivity index (χ0) is 11.1. The minimum atomic E-state index is -0.138. The van der Waals surface area contributed by atoms with Crippen molar-refractivity contribution in [3.63, 3.8) is 0 Å². The van der Waals surface area contributed by atoms with Crippen LogP contribution in [0.2, 0.25) is 0 Å². The summed E-state index contributed by atoms with van der Waals surface area (Å²) in [4.78, 5) is 0. The van der Waals surface area contributed by atoms with E-state index < -0.39 is 0 Å². The van der Waals surface area contributed by atoms with Gasteiger partial charge in [-0.1, -0.05) is 39.0 Å². The summed E-state index contributed by atoms with van der Waals surface area (Å²) >= 11 is 0. The number of aliphatic hydroxyl groups is 1. The molecule has 0 heterocycles. The van der Waals surface area contributed by atoms with Gasteiger partial charge in [-0.25, -0.2) is 0 Å². The molecular formula is C14H20O. The fourth-order valence-electron chi connectivity index (χ4n) is 2.47. The lowest BCUT2D eigenvalue weighted by Crippen LogP contribution is -2.24. The van der Waals surface area contributed by atoms with Crippen LogP contribution < -0.4 is 0 Å². The predicted octanol–water partition coefficient (Wildman–Crippen LogP) is 2.83. The Morgan fingerprint density at radius 1 is 1.27 bits per heavy atom. The van der Waals surface area contributed by atoms with Crippen molar-refractivity contribution in [3.05, 3.63) is 34.9 Å². The van der Waals surface area contributed by atoms with Crippen LogP contribution in [0.1, 0.15) is 43.9 Å². The lowest BCUT2D eigenvalue weighted by atomic mass is 9.77. The first-order valence-electron chi connectivity index (χ1n) is 5.78. The number of rotatable bonds is 0. The molecule has 82 valence electrons. The standard InChI is InChI=1S/C14H20O/c1-14(2,3)13-6-4-5-10-7-8-11(15)9-12(10)13/h4-6,11,15H,7-9H2,1-3H3. The van der Waals surface area contributed by atoms with Gasteiger partial charge >= 0.3 is 0 Å². The van der Waals surface area contributed by atoms with E-state index >= 15 is 0 Å². The summed E-state index contributed by atoms with van der Waals surface area (Å²) in [6.07, 6.45) is 2.64. The number of benzene rings is 1. The summed E-state index contributed by atoms with van der Waals surface area (Å²) in [5.41, 5.74) is 4.41. The largest absolute Gasteiger partial charge is 0.393 e. The first-order chi connectivity index (χ1) is 6.98. The lowest BCUT2D eigenvalue weighted by Gasteiger charge is -2.29. The number of hydrogen-bond donors (Lipinski definition) is 1. The van der Waals surface area contributed by atoms with E-state index in [0.717, 1.165) is 19.3 Å². The minimum absolute atomic E-state index is 0.138. The lowest BCUT2D eigenvalue weighted by molar-refractivity contribution is 0.158. The van der Waals surface area contributed by atoms with Crippen molar-refractivity contribution in [1.82, 2.24) is 0 Å². The molecule has 1 aliphatic rings. The van der Waals surface area contributed by atoms with Crippen molar-refractivity contribution < 1.29 is 5.11 Å². The molecule has 0 radical (unpaired) electrons. The van der Waals surface area contributed by atoms with Crippen LogP contribution in [0.4, 0.5) is 0 Å². The second-order valence-corrected chi connectivity index (χ2v) is 5.59. The van der Waals surface area contributed by atoms with Gasteiger partial charge in [0, 0.05) is 0 Å². The second kappa shape index (κ2) is 3.64. The van der Waals surface area contributed by atoms with Gasteiger partial charge in [0.15, 0.2) is 0 Å². The molecule has 1 aromatic rings. The second-order valence-electron chi connectivity index (χ2n) is 5.59. The Kier molecular flexibility index (Phi) is 2.59. The fourth-order valence-corrected chi connectivity index (χ4v) is 2.47. The number of hydrogen-bond acceptors (Lipinski definition) is 1. The third-order valence-corrected chi connectivity index (χ3v) is 3.27. The normalized spacial score (nSPS) is 21.2. The number of fused-ring (bicyclic) bond motifs is 1. The van der Waals surface area contributed by atoms with Crippen molar-refractivity contribution in [2.45, 2.75) is 51.6 Å². The molecule has 0 bridgehead atoms. The molecule has 0 saturated heterocycles. The molecule has 1 unspecified atom stereocenters. The van der Waals surface area contributed by atoms with Crippen LogP contribution in [0.15, 0.2) is 18.2 Å². The van der Waals surface area contributed by atoms with Crippen LogP contribution in [0, 0.1) is 0 Å². The Hall–Kier alpha value is -0.820. The molecule has 15 heavy (non-hydrogen) atoms. The van der Waals surface area contributed by atoms with Crippen LogP contribution in [0.5, 0.6) is 0 Å². The molecule has 1 N–H and O–H groups in total. The third kappa shape index (κ3) is 2.07. The third-order valence-electron chi connectivity index (χ3n) is 3.27. The summed E-state index contributed by atoms with van der Waals surface area (Å²) in [5, 5.41) is 9.75. The fraction of sp³-hybridized carbons (Fsp3) is 0.571. The van der Waals surface area contributed by atoms with Gasteiger partial charge in [0.25, 0.3) is 0 Å². The molecule has 0 amide bonds. The monoisotopic (exact) mass is 204 g/mol. The number of aliphatic hydroxyl groups excluding tert-OH is 1.